The van der Waals surface area contributed by atoms with Crippen molar-refractivity contribution in [3.8, 4) is 0 Å². The fraction of sp³-hybridized carbons (Fsp3) is 0.308. The van der Waals surface area contributed by atoms with E-state index in [4.69, 9.17) is 43.4 Å². The van der Waals surface area contributed by atoms with E-state index in [0.29, 0.717) is 38.5 Å². The number of aromatic nitrogens is 9. The van der Waals surface area contributed by atoms with Crippen LogP contribution in [0.5, 0.6) is 0 Å². The number of benzene rings is 3. The normalized spacial score (nSPS) is 19.5. The Morgan fingerprint density at radius 2 is 0.729 bits per heavy atom. The van der Waals surface area contributed by atoms with Crippen molar-refractivity contribution in [2.24, 2.45) is 0 Å². The summed E-state index contributed by atoms with van der Waals surface area (Å²) in [6, 6.07) is 18.9. The van der Waals surface area contributed by atoms with E-state index in [9.17, 15) is 28.8 Å². The molecular formula is C117H105N15O12+6. The number of hydrogen-bond acceptors (Lipinski definition) is 15. The van der Waals surface area contributed by atoms with Gasteiger partial charge in [0.2, 0.25) is 67.7 Å². The van der Waals surface area contributed by atoms with Crippen molar-refractivity contribution in [3.05, 3.63) is 288 Å². The molecule has 144 heavy (non-hydrogen) atoms. The van der Waals surface area contributed by atoms with Crippen molar-refractivity contribution in [1.82, 2.24) is 51.5 Å². The zero-order valence-corrected chi connectivity index (χ0v) is 84.3. The summed E-state index contributed by atoms with van der Waals surface area (Å²) in [5.41, 5.74) is 48.2. The minimum atomic E-state index is -0.857. The zero-order chi connectivity index (χ0) is 99.2. The molecule has 0 saturated heterocycles. The van der Waals surface area contributed by atoms with Crippen molar-refractivity contribution in [2.75, 3.05) is 42.7 Å². The molecule has 9 aromatic heterocycles. The Morgan fingerprint density at radius 1 is 0.326 bits per heavy atom. The van der Waals surface area contributed by atoms with Crippen LogP contribution < -0.4 is 62.4 Å². The van der Waals surface area contributed by atoms with Gasteiger partial charge in [-0.2, -0.15) is 27.4 Å². The second-order valence-corrected chi connectivity index (χ2v) is 40.6. The lowest BCUT2D eigenvalue weighted by molar-refractivity contribution is -0.826. The lowest BCUT2D eigenvalue weighted by atomic mass is 9.95. The molecule has 18 aliphatic heterocycles. The van der Waals surface area contributed by atoms with Crippen molar-refractivity contribution >= 4 is 175 Å². The molecular weight excluding hydrogens is 1810 g/mol. The van der Waals surface area contributed by atoms with Crippen LogP contribution in [0.15, 0.2) is 99.9 Å². The van der Waals surface area contributed by atoms with E-state index in [2.05, 4.69) is 249 Å². The lowest BCUT2D eigenvalue weighted by Crippen LogP contribution is -2.74. The van der Waals surface area contributed by atoms with Gasteiger partial charge in [-0.1, -0.05) is 62.1 Å². The Kier molecular flexibility index (Phi) is 17.2. The number of nitrogens with zero attached hydrogens (tertiary/aromatic N) is 15. The first-order valence-corrected chi connectivity index (χ1v) is 50.4. The Balaban J connectivity index is 0.000000105. The number of esters is 6. The molecule has 3 atom stereocenters. The maximum absolute atomic E-state index is 13.0. The molecule has 0 amide bonds. The van der Waals surface area contributed by atoms with Gasteiger partial charge in [0, 0.05) is 102 Å². The van der Waals surface area contributed by atoms with Crippen molar-refractivity contribution < 1.29 is 75.5 Å². The van der Waals surface area contributed by atoms with Gasteiger partial charge in [0.05, 0.1) is 158 Å². The van der Waals surface area contributed by atoms with E-state index >= 15 is 0 Å². The van der Waals surface area contributed by atoms with Crippen molar-refractivity contribution in [2.45, 2.75) is 198 Å². The summed E-state index contributed by atoms with van der Waals surface area (Å²) in [4.78, 5) is 90.8. The molecule has 0 fully saturated rings. The molecule has 0 radical (unpaired) electrons. The van der Waals surface area contributed by atoms with Crippen molar-refractivity contribution in [1.29, 1.82) is 0 Å². The van der Waals surface area contributed by atoms with Crippen LogP contribution in [0, 0.1) is 41.5 Å². The van der Waals surface area contributed by atoms with Crippen LogP contribution in [0.2, 0.25) is 0 Å². The standard InChI is InChI=1S/3C39H35N5O4/c1-8-21-18(3)28-16-31-22(9-2)20(5)36-24-10-12-26-35-25(14-27(40-26)38(46)48-7)33-17-32-23(11-13-34(45)47-6)19(4)29-15-30(21)41(28)39(42(29)32,43(31)36)44(33)37(24)35;1-8-21-18(3)28-15-29-20(5)23(11-13-34(45)47-6)32-17-33-25-14-27(38(46)48-7)40-26-12-10-24-36-22(9-2)19(4)30-16-31(21)41(28)39(42(29)32,43(30)36)44(33)37(24)35(25)26;1-7-22-19(2)30-16-28-20(3)23(9-12-34(45)47-5)31-18-32-24(10-13-35(46)48-6)21(4)29-17-33-25-14-15-40-27-11-8-26-37(22)43(30)39(41(28)31,42(29)32)44(33)38(26)36(25)27/h2*10,12,14-17H,8-9,11,13H2,1-7H3;8,11,14-18H,7,9-10,12-13H2,1-6H3/q3*+2/t3*39-/m110/s1. The van der Waals surface area contributed by atoms with E-state index in [1.165, 1.54) is 198 Å². The van der Waals surface area contributed by atoms with Gasteiger partial charge < -0.3 is 28.4 Å². The highest BCUT2D eigenvalue weighted by molar-refractivity contribution is 6.31. The zero-order valence-electron chi connectivity index (χ0n) is 84.3. The van der Waals surface area contributed by atoms with Crippen LogP contribution in [-0.2, 0) is 104 Å². The molecule has 27 nitrogen and oxygen atoms in total. The summed E-state index contributed by atoms with van der Waals surface area (Å²) in [6.45, 7) is 31.4. The first-order valence-electron chi connectivity index (χ1n) is 50.4. The highest BCUT2D eigenvalue weighted by Crippen LogP contribution is 2.58. The summed E-state index contributed by atoms with van der Waals surface area (Å²) in [5, 5.41) is 14.8. The second-order valence-electron chi connectivity index (χ2n) is 40.6. The minimum absolute atomic E-state index is 0.222. The summed E-state index contributed by atoms with van der Waals surface area (Å²) < 4.78 is 61.4. The van der Waals surface area contributed by atoms with Crippen LogP contribution in [0.25, 0.3) is 110 Å². The number of rotatable bonds is 19. The molecule has 27 heteroatoms. The van der Waals surface area contributed by atoms with Gasteiger partial charge in [0.1, 0.15) is 27.4 Å². The average Bonchev–Trinajstić information content (AvgIpc) is 1.47. The number of pyridine rings is 3. The van der Waals surface area contributed by atoms with Gasteiger partial charge in [-0.15, -0.1) is 0 Å². The summed E-state index contributed by atoms with van der Waals surface area (Å²) >= 11 is 0. The number of carbonyl (C=O) groups excluding carboxylic acids is 6. The van der Waals surface area contributed by atoms with Gasteiger partial charge in [0.25, 0.3) is 0 Å². The molecule has 0 aliphatic carbocycles. The molecule has 30 rings (SSSR count). The average molecular weight is 1910 g/mol. The van der Waals surface area contributed by atoms with E-state index in [-0.39, 0.29) is 48.1 Å². The molecule has 0 bridgehead atoms. The van der Waals surface area contributed by atoms with Gasteiger partial charge in [0.15, 0.2) is 0 Å². The number of carbonyl (C=O) groups is 6. The van der Waals surface area contributed by atoms with Gasteiger partial charge in [-0.05, 0) is 260 Å². The quantitative estimate of drug-likeness (QED) is 0.0419. The maximum Gasteiger partial charge on any atom is 0.553 e. The lowest BCUT2D eigenvalue weighted by Gasteiger charge is -2.38. The molecule has 27 heterocycles. The first-order chi connectivity index (χ1) is 69.7. The van der Waals surface area contributed by atoms with Crippen LogP contribution in [0.1, 0.15) is 244 Å². The number of fused-ring (bicyclic) bond motifs is 4. The highest BCUT2D eigenvalue weighted by Gasteiger charge is 2.77. The molecule has 12 aromatic rings. The van der Waals surface area contributed by atoms with Crippen LogP contribution in [-0.4, -0.2) is 162 Å². The molecule has 714 valence electrons. The predicted octanol–water partition coefficient (Wildman–Crippen LogP) is 8.36. The third kappa shape index (κ3) is 9.52. The molecule has 0 N–H and O–H groups in total. The van der Waals surface area contributed by atoms with Gasteiger partial charge in [-0.25, -0.2) is 19.6 Å². The number of hydrogen-bond donors (Lipinski definition) is 0. The van der Waals surface area contributed by atoms with E-state index < -0.39 is 29.7 Å². The molecule has 3 spiro atoms. The van der Waals surface area contributed by atoms with Crippen LogP contribution >= 0.6 is 0 Å². The Bertz CT molecular complexity index is 9810. The van der Waals surface area contributed by atoms with Crippen molar-refractivity contribution in [3.63, 3.8) is 0 Å². The smallest absolute Gasteiger partial charge is 0.469 e. The SMILES string of the molecule is CCC1=C(C)C2=[N+]3C1=Cc1c(C)c(CC)c4n1[C@@]31n3c(c(C)c(CCC(=O)OC)c3=CC3=[N+]1c1c2ccc2nc(C(=O)OC)cc3c12)=C4.CCC1=C(C)C2=[N+]3C1=c1ccc4nc(C(=O)OC)cc5c4c1=[N+]1C5=Cc4c(CCC(=O)OC)c(C)c5n4[C@]31n1c(c(C)c(CC)c1=C2)=C5.CCC1=C(C)C2=[N+]3C1=c1ccc4nccc5c4c1=[N+]1C5=Cc4c(C)c(CCC(=O)OC)c5n4[C@@]31n1c(c(C)c(CCC(=O)OC)c1=C5)=C2. The Labute approximate surface area is 825 Å². The summed E-state index contributed by atoms with van der Waals surface area (Å²) in [5.74, 6) is -4.39. The van der Waals surface area contributed by atoms with Crippen LogP contribution in [0.3, 0.4) is 0 Å². The fourth-order valence-electron chi connectivity index (χ4n) is 29.1. The Morgan fingerprint density at radius 3 is 1.26 bits per heavy atom. The highest BCUT2D eigenvalue weighted by atomic mass is 16.5. The van der Waals surface area contributed by atoms with E-state index in [1.807, 2.05) is 18.3 Å². The second kappa shape index (κ2) is 28.7. The monoisotopic (exact) mass is 1910 g/mol. The third-order valence-corrected chi connectivity index (χ3v) is 35.1. The molecule has 18 aliphatic rings. The molecule has 0 unspecified atom stereocenters. The molecule has 3 aromatic carbocycles. The number of allylic oxidation sites excluding steroid dienone is 4. The summed E-state index contributed by atoms with van der Waals surface area (Å²) in [7, 11) is 8.59. The predicted molar refractivity (Wildman–Crippen MR) is 544 cm³/mol. The van der Waals surface area contributed by atoms with E-state index in [0.717, 1.165) is 176 Å². The summed E-state index contributed by atoms with van der Waals surface area (Å²) in [6.07, 6.45) is 30.9. The Hall–Kier alpha value is -15.9. The molecule has 0 saturated carbocycles. The minimum Gasteiger partial charge on any atom is -0.469 e. The largest absolute Gasteiger partial charge is 0.553 e. The maximum atomic E-state index is 13.0. The van der Waals surface area contributed by atoms with Crippen LogP contribution in [0.4, 0.5) is 5.69 Å². The van der Waals surface area contributed by atoms with Gasteiger partial charge >= 0.3 is 53.5 Å². The first kappa shape index (κ1) is 86.0. The topological polar surface area (TPSA) is 244 Å². The van der Waals surface area contributed by atoms with Gasteiger partial charge in [-0.3, -0.25) is 24.2 Å². The number of methoxy groups -OCH3 is 6. The third-order valence-electron chi connectivity index (χ3n) is 35.1. The number of ether oxygens (including phenoxy) is 6. The van der Waals surface area contributed by atoms with E-state index in [1.54, 1.807) is 0 Å². The fourth-order valence-corrected chi connectivity index (χ4v) is 29.1.